The van der Waals surface area contributed by atoms with Crippen LogP contribution in [0.1, 0.15) is 45.7 Å². The van der Waals surface area contributed by atoms with Crippen molar-refractivity contribution in [2.75, 3.05) is 0 Å². The van der Waals surface area contributed by atoms with E-state index in [1.165, 1.54) is 11.1 Å². The van der Waals surface area contributed by atoms with Crippen LogP contribution in [0, 0.1) is 5.92 Å². The van der Waals surface area contributed by atoms with Crippen LogP contribution >= 0.6 is 18.8 Å². The van der Waals surface area contributed by atoms with Gasteiger partial charge < -0.3 is 0 Å². The molecule has 0 aliphatic carbocycles. The number of halogens is 2. The molecule has 0 bridgehead atoms. The molecular formula is C18H24Cl2N2Pt. The molecule has 0 aliphatic heterocycles. The van der Waals surface area contributed by atoms with Gasteiger partial charge in [0.2, 0.25) is 0 Å². The van der Waals surface area contributed by atoms with Gasteiger partial charge in [-0.05, 0) is 53.1 Å². The second-order valence-electron chi connectivity index (χ2n) is 6.87. The van der Waals surface area contributed by atoms with Gasteiger partial charge in [0.25, 0.3) is 0 Å². The predicted octanol–water partition coefficient (Wildman–Crippen LogP) is 6.02. The summed E-state index contributed by atoms with van der Waals surface area (Å²) in [4.78, 5) is 8.96. The molecule has 0 aromatic carbocycles. The van der Waals surface area contributed by atoms with Crippen LogP contribution < -0.4 is 0 Å². The third-order valence-electron chi connectivity index (χ3n) is 3.36. The fraction of sp³-hybridized carbons (Fsp3) is 0.444. The molecule has 0 aliphatic rings. The van der Waals surface area contributed by atoms with Crippen molar-refractivity contribution >= 4 is 18.8 Å². The molecular weight excluding hydrogens is 510 g/mol. The molecule has 0 amide bonds. The second-order valence-corrected chi connectivity index (χ2v) is 10.2. The Labute approximate surface area is 156 Å². The molecule has 2 rings (SSSR count). The number of hydrogen-bond acceptors (Lipinski definition) is 2. The van der Waals surface area contributed by atoms with Gasteiger partial charge in [0.1, 0.15) is 0 Å². The molecule has 23 heavy (non-hydrogen) atoms. The third-order valence-corrected chi connectivity index (χ3v) is 3.36. The Morgan fingerprint density at radius 2 is 1.52 bits per heavy atom. The summed E-state index contributed by atoms with van der Waals surface area (Å²) in [6.45, 7) is 11.1. The van der Waals surface area contributed by atoms with Gasteiger partial charge in [-0.2, -0.15) is 0 Å². The van der Waals surface area contributed by atoms with Crippen LogP contribution in [0.15, 0.2) is 36.7 Å². The van der Waals surface area contributed by atoms with Gasteiger partial charge >= 0.3 is 35.3 Å². The molecule has 0 saturated heterocycles. The zero-order valence-corrected chi connectivity index (χ0v) is 18.0. The first-order valence-electron chi connectivity index (χ1n) is 7.52. The van der Waals surface area contributed by atoms with Crippen LogP contribution in [-0.4, -0.2) is 9.97 Å². The minimum atomic E-state index is -0.472. The molecule has 0 spiro atoms. The number of pyridine rings is 2. The number of nitrogens with zero attached hydrogens (tertiary/aromatic N) is 2. The minimum absolute atomic E-state index is 0.132. The molecule has 2 aromatic rings. The summed E-state index contributed by atoms with van der Waals surface area (Å²) >= 11 is -0.472. The van der Waals surface area contributed by atoms with Crippen molar-refractivity contribution in [1.29, 1.82) is 0 Å². The molecule has 2 aromatic heterocycles. The van der Waals surface area contributed by atoms with E-state index in [2.05, 4.69) is 68.9 Å². The standard InChI is InChI=1S/C18H24N2.2ClH.Pt/c1-13(2)10-14-6-8-19-16(11-14)17-12-15(7-9-20-17)18(3,4)5;;;/h6-9,11-13H,10H2,1-5H3;2*1H;/q;;;+2/p-2. The SMILES string of the molecule is CC(C)Cc1ccnc(-c2cc(C(C)(C)C)ccn2)c1.[Cl][Pt][Cl]. The first-order chi connectivity index (χ1) is 10.8. The average Bonchev–Trinajstić information content (AvgIpc) is 2.47. The van der Waals surface area contributed by atoms with E-state index in [0.717, 1.165) is 17.8 Å². The quantitative estimate of drug-likeness (QED) is 0.482. The van der Waals surface area contributed by atoms with Gasteiger partial charge in [-0.1, -0.05) is 34.6 Å². The Morgan fingerprint density at radius 1 is 1.00 bits per heavy atom. The van der Waals surface area contributed by atoms with E-state index in [4.69, 9.17) is 18.8 Å². The van der Waals surface area contributed by atoms with Gasteiger partial charge in [0, 0.05) is 12.4 Å². The zero-order chi connectivity index (χ0) is 17.5. The molecule has 5 heteroatoms. The van der Waals surface area contributed by atoms with Crippen molar-refractivity contribution < 1.29 is 16.5 Å². The molecule has 0 fully saturated rings. The first kappa shape index (κ1) is 20.6. The van der Waals surface area contributed by atoms with E-state index < -0.39 is 16.5 Å². The van der Waals surface area contributed by atoms with Gasteiger partial charge in [0.15, 0.2) is 0 Å². The first-order valence-corrected chi connectivity index (χ1v) is 13.1. The summed E-state index contributed by atoms with van der Waals surface area (Å²) in [5, 5.41) is 0. The van der Waals surface area contributed by atoms with Gasteiger partial charge in [-0.15, -0.1) is 0 Å². The van der Waals surface area contributed by atoms with Crippen LogP contribution in [0.4, 0.5) is 0 Å². The summed E-state index contributed by atoms with van der Waals surface area (Å²) in [6, 6.07) is 8.49. The van der Waals surface area contributed by atoms with Gasteiger partial charge in [-0.25, -0.2) is 0 Å². The normalized spacial score (nSPS) is 11.3. The molecule has 0 radical (unpaired) electrons. The van der Waals surface area contributed by atoms with Crippen molar-refractivity contribution in [3.63, 3.8) is 0 Å². The molecule has 130 valence electrons. The number of hydrogen-bond donors (Lipinski definition) is 0. The Morgan fingerprint density at radius 3 is 2.04 bits per heavy atom. The Hall–Kier alpha value is -0.432. The fourth-order valence-corrected chi connectivity index (χ4v) is 2.25. The number of aromatic nitrogens is 2. The maximum absolute atomic E-state index is 4.88. The van der Waals surface area contributed by atoms with Crippen LogP contribution in [0.2, 0.25) is 0 Å². The summed E-state index contributed by atoms with van der Waals surface area (Å²) in [7, 11) is 9.75. The second kappa shape index (κ2) is 9.76. The van der Waals surface area contributed by atoms with E-state index in [1.807, 2.05) is 12.4 Å². The van der Waals surface area contributed by atoms with Crippen LogP contribution in [0.5, 0.6) is 0 Å². The Balaban J connectivity index is 0.000000816. The summed E-state index contributed by atoms with van der Waals surface area (Å²) in [5.74, 6) is 0.652. The van der Waals surface area contributed by atoms with E-state index in [1.54, 1.807) is 0 Å². The van der Waals surface area contributed by atoms with Crippen LogP contribution in [0.25, 0.3) is 11.4 Å². The summed E-state index contributed by atoms with van der Waals surface area (Å²) < 4.78 is 0. The van der Waals surface area contributed by atoms with Crippen molar-refractivity contribution in [3.8, 4) is 11.4 Å². The van der Waals surface area contributed by atoms with Crippen molar-refractivity contribution in [2.24, 2.45) is 5.92 Å². The van der Waals surface area contributed by atoms with Gasteiger partial charge in [0.05, 0.1) is 11.4 Å². The Bertz CT molecular complexity index is 610. The predicted molar refractivity (Wildman–Crippen MR) is 96.4 cm³/mol. The van der Waals surface area contributed by atoms with E-state index in [0.29, 0.717) is 5.92 Å². The molecule has 0 atom stereocenters. The van der Waals surface area contributed by atoms with Crippen LogP contribution in [-0.2, 0) is 28.3 Å². The average molecular weight is 534 g/mol. The fourth-order valence-electron chi connectivity index (χ4n) is 2.25. The van der Waals surface area contributed by atoms with E-state index >= 15 is 0 Å². The third kappa shape index (κ3) is 7.33. The molecule has 0 saturated carbocycles. The zero-order valence-electron chi connectivity index (χ0n) is 14.2. The van der Waals surface area contributed by atoms with Crippen molar-refractivity contribution in [3.05, 3.63) is 47.8 Å². The van der Waals surface area contributed by atoms with Crippen molar-refractivity contribution in [2.45, 2.75) is 46.5 Å². The molecule has 2 nitrogen and oxygen atoms in total. The van der Waals surface area contributed by atoms with Crippen molar-refractivity contribution in [1.82, 2.24) is 9.97 Å². The monoisotopic (exact) mass is 533 g/mol. The number of rotatable bonds is 3. The molecule has 0 unspecified atom stereocenters. The summed E-state index contributed by atoms with van der Waals surface area (Å²) in [6.07, 6.45) is 4.85. The topological polar surface area (TPSA) is 25.8 Å². The van der Waals surface area contributed by atoms with Gasteiger partial charge in [-0.3, -0.25) is 9.97 Å². The van der Waals surface area contributed by atoms with E-state index in [9.17, 15) is 0 Å². The maximum atomic E-state index is 4.88. The van der Waals surface area contributed by atoms with E-state index in [-0.39, 0.29) is 5.41 Å². The molecule has 0 N–H and O–H groups in total. The summed E-state index contributed by atoms with van der Waals surface area (Å²) in [5.41, 5.74) is 4.68. The van der Waals surface area contributed by atoms with Crippen LogP contribution in [0.3, 0.4) is 0 Å². The Kier molecular flexibility index (Phi) is 8.75. The molecule has 2 heterocycles.